The number of carbonyl (C=O) groups is 2. The first kappa shape index (κ1) is 13.3. The second-order valence-electron chi connectivity index (χ2n) is 4.60. The lowest BCUT2D eigenvalue weighted by molar-refractivity contribution is -0.127. The fourth-order valence-electron chi connectivity index (χ4n) is 2.26. The van der Waals surface area contributed by atoms with Crippen LogP contribution in [0.1, 0.15) is 29.4 Å². The van der Waals surface area contributed by atoms with Crippen molar-refractivity contribution in [3.05, 3.63) is 33.7 Å². The number of nitrogens with zero attached hydrogens (tertiary/aromatic N) is 1. The van der Waals surface area contributed by atoms with Gasteiger partial charge in [-0.25, -0.2) is 0 Å². The lowest BCUT2D eigenvalue weighted by Gasteiger charge is -2.34. The molecule has 1 aliphatic heterocycles. The van der Waals surface area contributed by atoms with Gasteiger partial charge in [-0.15, -0.1) is 0 Å². The van der Waals surface area contributed by atoms with Gasteiger partial charge in [-0.1, -0.05) is 6.92 Å². The van der Waals surface area contributed by atoms with Gasteiger partial charge < -0.3 is 15.2 Å². The van der Waals surface area contributed by atoms with Crippen LogP contribution in [0.15, 0.2) is 16.9 Å². The fourth-order valence-corrected chi connectivity index (χ4v) is 2.26. The van der Waals surface area contributed by atoms with Crippen molar-refractivity contribution in [3.8, 4) is 0 Å². The number of hydrogen-bond acceptors (Lipinski definition) is 3. The lowest BCUT2D eigenvalue weighted by atomic mass is 10.1. The molecule has 102 valence electrons. The van der Waals surface area contributed by atoms with E-state index < -0.39 is 11.6 Å². The molecule has 6 nitrogen and oxygen atoms in total. The van der Waals surface area contributed by atoms with Crippen LogP contribution in [0.5, 0.6) is 0 Å². The third-order valence-electron chi connectivity index (χ3n) is 3.26. The summed E-state index contributed by atoms with van der Waals surface area (Å²) in [5, 5.41) is 2.72. The molecule has 1 fully saturated rings. The Morgan fingerprint density at radius 1 is 1.42 bits per heavy atom. The van der Waals surface area contributed by atoms with Crippen LogP contribution in [0.4, 0.5) is 0 Å². The van der Waals surface area contributed by atoms with Gasteiger partial charge in [-0.3, -0.25) is 14.4 Å². The summed E-state index contributed by atoms with van der Waals surface area (Å²) in [4.78, 5) is 40.0. The van der Waals surface area contributed by atoms with E-state index in [0.717, 1.165) is 0 Å². The minimum absolute atomic E-state index is 0.0822. The zero-order valence-corrected chi connectivity index (χ0v) is 11.0. The Bertz CT molecular complexity index is 564. The van der Waals surface area contributed by atoms with Crippen LogP contribution in [0.25, 0.3) is 0 Å². The topological polar surface area (TPSA) is 82.3 Å². The maximum atomic E-state index is 12.4. The monoisotopic (exact) mass is 263 g/mol. The maximum Gasteiger partial charge on any atom is 0.260 e. The first-order chi connectivity index (χ1) is 9.04. The second-order valence-corrected chi connectivity index (χ2v) is 4.60. The number of amides is 2. The molecule has 1 aromatic rings. The van der Waals surface area contributed by atoms with Crippen molar-refractivity contribution >= 4 is 11.8 Å². The van der Waals surface area contributed by atoms with E-state index >= 15 is 0 Å². The normalized spacial score (nSPS) is 19.2. The highest BCUT2D eigenvalue weighted by Gasteiger charge is 2.32. The maximum absolute atomic E-state index is 12.4. The number of pyridine rings is 1. The Balaban J connectivity index is 2.32. The average Bonchev–Trinajstić information content (AvgIpc) is 2.37. The van der Waals surface area contributed by atoms with Gasteiger partial charge in [0.25, 0.3) is 11.5 Å². The summed E-state index contributed by atoms with van der Waals surface area (Å²) >= 11 is 0. The van der Waals surface area contributed by atoms with Gasteiger partial charge in [0.15, 0.2) is 0 Å². The Hall–Kier alpha value is -2.11. The number of aromatic nitrogens is 1. The largest absolute Gasteiger partial charge is 0.353 e. The smallest absolute Gasteiger partial charge is 0.260 e. The van der Waals surface area contributed by atoms with Gasteiger partial charge in [0, 0.05) is 18.8 Å². The zero-order valence-electron chi connectivity index (χ0n) is 11.0. The average molecular weight is 263 g/mol. The van der Waals surface area contributed by atoms with Crippen LogP contribution in [0.2, 0.25) is 0 Å². The van der Waals surface area contributed by atoms with E-state index in [1.807, 2.05) is 6.92 Å². The highest BCUT2D eigenvalue weighted by atomic mass is 16.2. The molecule has 0 radical (unpaired) electrons. The minimum Gasteiger partial charge on any atom is -0.353 e. The predicted octanol–water partition coefficient (Wildman–Crippen LogP) is 0.0339. The van der Waals surface area contributed by atoms with Crippen molar-refractivity contribution in [2.24, 2.45) is 0 Å². The first-order valence-corrected chi connectivity index (χ1v) is 6.33. The quantitative estimate of drug-likeness (QED) is 0.790. The molecule has 19 heavy (non-hydrogen) atoms. The number of aryl methyl sites for hydroxylation is 1. The molecule has 2 heterocycles. The van der Waals surface area contributed by atoms with Crippen molar-refractivity contribution in [1.82, 2.24) is 15.2 Å². The third-order valence-corrected chi connectivity index (χ3v) is 3.26. The minimum atomic E-state index is -0.498. The van der Waals surface area contributed by atoms with E-state index in [1.165, 1.54) is 11.0 Å². The van der Waals surface area contributed by atoms with Crippen LogP contribution in [-0.2, 0) is 4.79 Å². The molecule has 0 saturated carbocycles. The van der Waals surface area contributed by atoms with Gasteiger partial charge in [0.1, 0.15) is 11.6 Å². The summed E-state index contributed by atoms with van der Waals surface area (Å²) < 4.78 is 0. The van der Waals surface area contributed by atoms with Gasteiger partial charge in [0.2, 0.25) is 5.91 Å². The number of piperazine rings is 1. The molecule has 2 N–H and O–H groups in total. The summed E-state index contributed by atoms with van der Waals surface area (Å²) in [6.07, 6.45) is 0.529. The molecule has 0 spiro atoms. The van der Waals surface area contributed by atoms with Gasteiger partial charge in [-0.05, 0) is 25.5 Å². The molecule has 0 bridgehead atoms. The van der Waals surface area contributed by atoms with E-state index in [4.69, 9.17) is 0 Å². The summed E-state index contributed by atoms with van der Waals surface area (Å²) in [5.41, 5.74) is 0.370. The Labute approximate surface area is 110 Å². The number of aromatic amines is 1. The number of nitrogens with one attached hydrogen (secondary N) is 2. The van der Waals surface area contributed by atoms with Gasteiger partial charge in [0.05, 0.1) is 0 Å². The number of carbonyl (C=O) groups excluding carboxylic acids is 2. The second kappa shape index (κ2) is 5.26. The van der Waals surface area contributed by atoms with Gasteiger partial charge >= 0.3 is 0 Å². The van der Waals surface area contributed by atoms with E-state index in [0.29, 0.717) is 25.2 Å². The summed E-state index contributed by atoms with van der Waals surface area (Å²) in [5.74, 6) is -0.548. The fraction of sp³-hybridized carbons (Fsp3) is 0.462. The van der Waals surface area contributed by atoms with Crippen molar-refractivity contribution in [1.29, 1.82) is 0 Å². The zero-order chi connectivity index (χ0) is 14.0. The highest BCUT2D eigenvalue weighted by molar-refractivity contribution is 5.97. The van der Waals surface area contributed by atoms with Crippen LogP contribution in [-0.4, -0.2) is 40.8 Å². The van der Waals surface area contributed by atoms with E-state index in [1.54, 1.807) is 13.0 Å². The van der Waals surface area contributed by atoms with Crippen molar-refractivity contribution in [2.45, 2.75) is 26.3 Å². The number of hydrogen-bond donors (Lipinski definition) is 2. The predicted molar refractivity (Wildman–Crippen MR) is 69.9 cm³/mol. The standard InChI is InChI=1S/C13H17N3O3/c1-3-10-12(18)14-6-7-16(10)13(19)9-5-4-8(2)15-11(9)17/h4-5,10H,3,6-7H2,1-2H3,(H,14,18)(H,15,17). The summed E-state index contributed by atoms with van der Waals surface area (Å²) in [6, 6.07) is 2.69. The Kier molecular flexibility index (Phi) is 3.69. The summed E-state index contributed by atoms with van der Waals surface area (Å²) in [7, 11) is 0. The summed E-state index contributed by atoms with van der Waals surface area (Å²) in [6.45, 7) is 4.44. The van der Waals surface area contributed by atoms with Gasteiger partial charge in [-0.2, -0.15) is 0 Å². The van der Waals surface area contributed by atoms with E-state index in [-0.39, 0.29) is 17.4 Å². The molecule has 1 unspecified atom stereocenters. The number of H-pyrrole nitrogens is 1. The molecule has 2 rings (SSSR count). The molecule has 2 amide bonds. The van der Waals surface area contributed by atoms with Crippen molar-refractivity contribution in [2.75, 3.05) is 13.1 Å². The van der Waals surface area contributed by atoms with Crippen molar-refractivity contribution < 1.29 is 9.59 Å². The molecule has 1 aliphatic rings. The molecular formula is C13H17N3O3. The molecule has 0 aromatic carbocycles. The van der Waals surface area contributed by atoms with E-state index in [9.17, 15) is 14.4 Å². The SMILES string of the molecule is CCC1C(=O)NCCN1C(=O)c1ccc(C)[nH]c1=O. The van der Waals surface area contributed by atoms with Crippen LogP contribution >= 0.6 is 0 Å². The molecule has 6 heteroatoms. The molecular weight excluding hydrogens is 246 g/mol. The lowest BCUT2D eigenvalue weighted by Crippen LogP contribution is -2.57. The molecule has 0 aliphatic carbocycles. The molecule has 1 atom stereocenters. The first-order valence-electron chi connectivity index (χ1n) is 6.33. The third kappa shape index (κ3) is 2.52. The number of rotatable bonds is 2. The highest BCUT2D eigenvalue weighted by Crippen LogP contribution is 2.11. The van der Waals surface area contributed by atoms with Crippen LogP contribution in [0, 0.1) is 6.92 Å². The van der Waals surface area contributed by atoms with Crippen molar-refractivity contribution in [3.63, 3.8) is 0 Å². The van der Waals surface area contributed by atoms with Crippen LogP contribution < -0.4 is 10.9 Å². The van der Waals surface area contributed by atoms with E-state index in [2.05, 4.69) is 10.3 Å². The van der Waals surface area contributed by atoms with Crippen LogP contribution in [0.3, 0.4) is 0 Å². The Morgan fingerprint density at radius 3 is 2.79 bits per heavy atom. The molecule has 1 aromatic heterocycles. The molecule has 1 saturated heterocycles. The Morgan fingerprint density at radius 2 is 2.16 bits per heavy atom.